The highest BCUT2D eigenvalue weighted by molar-refractivity contribution is 6.00. The van der Waals surface area contributed by atoms with Gasteiger partial charge in [0.15, 0.2) is 0 Å². The molecule has 0 spiro atoms. The Morgan fingerprint density at radius 3 is 1.73 bits per heavy atom. The molecule has 3 aromatic rings. The summed E-state index contributed by atoms with van der Waals surface area (Å²) in [5, 5.41) is 25.0. The lowest BCUT2D eigenvalue weighted by atomic mass is 9.68. The number of carbonyl (C=O) groups excluding carboxylic acids is 3. The number of hydrogen-bond donors (Lipinski definition) is 3. The second-order valence-electron chi connectivity index (χ2n) is 15.6. The number of nitrogens with one attached hydrogen (secondary N) is 1. The fourth-order valence-electron chi connectivity index (χ4n) is 9.50. The number of nitrogens with zero attached hydrogens (tertiary/aromatic N) is 3. The third-order valence-electron chi connectivity index (χ3n) is 12.0. The zero-order valence-electron chi connectivity index (χ0n) is 30.2. The zero-order chi connectivity index (χ0) is 36.1. The van der Waals surface area contributed by atoms with Crippen LogP contribution in [0.25, 0.3) is 0 Å². The fourth-order valence-corrected chi connectivity index (χ4v) is 9.50. The normalized spacial score (nSPS) is 26.0. The third kappa shape index (κ3) is 7.54. The molecular formula is C43H54N4O5. The Labute approximate surface area is 308 Å². The fraction of sp³-hybridized carbons (Fsp3) is 0.512. The van der Waals surface area contributed by atoms with Crippen LogP contribution >= 0.6 is 0 Å². The van der Waals surface area contributed by atoms with E-state index in [4.69, 9.17) is 0 Å². The molecule has 3 heterocycles. The SMILES string of the molecule is O=C(NC[C@@H]1CCCN(CC2CCCCC2)C1)[C@H]1C[C@H](O)CN1C(=O)[C@@H]1C[C@@H](O)CN1C(=O)C(c1ccccc1)(c1ccccc1)c1ccccc1. The summed E-state index contributed by atoms with van der Waals surface area (Å²) < 4.78 is 0. The average Bonchev–Trinajstić information content (AvgIpc) is 3.78. The molecule has 1 saturated carbocycles. The van der Waals surface area contributed by atoms with Crippen LogP contribution in [0.15, 0.2) is 91.0 Å². The molecule has 0 aromatic heterocycles. The molecule has 0 bridgehead atoms. The predicted molar refractivity (Wildman–Crippen MR) is 200 cm³/mol. The second kappa shape index (κ2) is 16.3. The highest BCUT2D eigenvalue weighted by Crippen LogP contribution is 2.43. The number of carbonyl (C=O) groups is 3. The summed E-state index contributed by atoms with van der Waals surface area (Å²) in [5.41, 5.74) is 0.940. The van der Waals surface area contributed by atoms with E-state index >= 15 is 4.79 Å². The van der Waals surface area contributed by atoms with Crippen LogP contribution in [0.5, 0.6) is 0 Å². The van der Waals surface area contributed by atoms with E-state index in [1.165, 1.54) is 41.9 Å². The molecule has 4 fully saturated rings. The van der Waals surface area contributed by atoms with E-state index in [2.05, 4.69) is 10.2 Å². The van der Waals surface area contributed by atoms with E-state index in [0.29, 0.717) is 12.5 Å². The van der Waals surface area contributed by atoms with E-state index in [1.807, 2.05) is 91.0 Å². The summed E-state index contributed by atoms with van der Waals surface area (Å²) >= 11 is 0. The number of benzene rings is 3. The maximum absolute atomic E-state index is 15.4. The zero-order valence-corrected chi connectivity index (χ0v) is 30.2. The van der Waals surface area contributed by atoms with Crippen LogP contribution in [0.2, 0.25) is 0 Å². The topological polar surface area (TPSA) is 113 Å². The maximum Gasteiger partial charge on any atom is 0.246 e. The van der Waals surface area contributed by atoms with Gasteiger partial charge in [0.1, 0.15) is 17.5 Å². The third-order valence-corrected chi connectivity index (χ3v) is 12.0. The van der Waals surface area contributed by atoms with Gasteiger partial charge in [0, 0.05) is 45.6 Å². The minimum absolute atomic E-state index is 0.00530. The Morgan fingerprint density at radius 1 is 0.635 bits per heavy atom. The quantitative estimate of drug-likeness (QED) is 0.271. The van der Waals surface area contributed by atoms with Gasteiger partial charge in [-0.3, -0.25) is 14.4 Å². The summed E-state index contributed by atoms with van der Waals surface area (Å²) in [6.07, 6.45) is 7.25. The van der Waals surface area contributed by atoms with Crippen molar-refractivity contribution in [2.24, 2.45) is 11.8 Å². The smallest absolute Gasteiger partial charge is 0.246 e. The molecule has 3 aromatic carbocycles. The van der Waals surface area contributed by atoms with Crippen LogP contribution in [-0.2, 0) is 19.8 Å². The Balaban J connectivity index is 1.11. The van der Waals surface area contributed by atoms with Gasteiger partial charge in [-0.25, -0.2) is 0 Å². The molecule has 276 valence electrons. The first kappa shape index (κ1) is 36.3. The van der Waals surface area contributed by atoms with Crippen molar-refractivity contribution in [2.45, 2.75) is 87.5 Å². The number of amides is 3. The lowest BCUT2D eigenvalue weighted by Gasteiger charge is -2.40. The highest BCUT2D eigenvalue weighted by atomic mass is 16.3. The summed E-state index contributed by atoms with van der Waals surface area (Å²) in [5.74, 6) is 0.123. The number of β-amino-alcohol motifs (C(OH)–C–C–N with tert-alkyl or cyclic N) is 2. The van der Waals surface area contributed by atoms with Crippen LogP contribution in [-0.4, -0.2) is 106 Å². The standard InChI is InChI=1S/C43H54N4O5/c48-36-24-38(40(50)44-26-32-16-13-23-45(28-32)27-31-14-5-1-6-15-31)46(29-36)41(51)39-25-37(49)30-47(39)42(52)43(33-17-7-2-8-18-33,34-19-9-3-10-20-34)35-21-11-4-12-22-35/h2-4,7-12,17-22,31-32,36-39,48-49H,1,5-6,13-16,23-30H2,(H,44,50)/t32-,36-,37+,38+,39-/m0/s1. The first-order valence-electron chi connectivity index (χ1n) is 19.5. The van der Waals surface area contributed by atoms with E-state index in [-0.39, 0.29) is 37.7 Å². The summed E-state index contributed by atoms with van der Waals surface area (Å²) in [4.78, 5) is 49.3. The molecule has 3 aliphatic heterocycles. The summed E-state index contributed by atoms with van der Waals surface area (Å²) in [6.45, 7) is 3.75. The first-order valence-corrected chi connectivity index (χ1v) is 19.5. The van der Waals surface area contributed by atoms with Gasteiger partial charge in [0.25, 0.3) is 0 Å². The minimum atomic E-state index is -1.31. The molecule has 52 heavy (non-hydrogen) atoms. The number of aliphatic hydroxyl groups is 2. The predicted octanol–water partition coefficient (Wildman–Crippen LogP) is 4.35. The molecule has 9 nitrogen and oxygen atoms in total. The van der Waals surface area contributed by atoms with Crippen molar-refractivity contribution in [3.05, 3.63) is 108 Å². The Morgan fingerprint density at radius 2 is 1.15 bits per heavy atom. The molecule has 3 saturated heterocycles. The summed E-state index contributed by atoms with van der Waals surface area (Å²) in [7, 11) is 0. The molecule has 5 atom stereocenters. The maximum atomic E-state index is 15.4. The lowest BCUT2D eigenvalue weighted by Crippen LogP contribution is -2.56. The van der Waals surface area contributed by atoms with Gasteiger partial charge in [0.05, 0.1) is 12.2 Å². The summed E-state index contributed by atoms with van der Waals surface area (Å²) in [6, 6.07) is 26.9. The monoisotopic (exact) mass is 706 g/mol. The van der Waals surface area contributed by atoms with Crippen LogP contribution in [0.1, 0.15) is 74.5 Å². The van der Waals surface area contributed by atoms with Crippen LogP contribution < -0.4 is 5.32 Å². The molecule has 1 aliphatic carbocycles. The van der Waals surface area contributed by atoms with E-state index in [1.54, 1.807) is 0 Å². The van der Waals surface area contributed by atoms with Gasteiger partial charge < -0.3 is 30.2 Å². The Hall–Kier alpha value is -4.05. The first-order chi connectivity index (χ1) is 25.3. The highest BCUT2D eigenvalue weighted by Gasteiger charge is 2.53. The molecule has 3 N–H and O–H groups in total. The number of rotatable bonds is 10. The van der Waals surface area contributed by atoms with Gasteiger partial charge in [-0.1, -0.05) is 110 Å². The minimum Gasteiger partial charge on any atom is -0.391 e. The molecule has 7 rings (SSSR count). The van der Waals surface area contributed by atoms with Gasteiger partial charge in [-0.05, 0) is 60.8 Å². The van der Waals surface area contributed by atoms with Crippen molar-refractivity contribution in [3.8, 4) is 0 Å². The van der Waals surface area contributed by atoms with Crippen LogP contribution in [0.4, 0.5) is 0 Å². The van der Waals surface area contributed by atoms with Crippen LogP contribution in [0.3, 0.4) is 0 Å². The molecule has 9 heteroatoms. The van der Waals surface area contributed by atoms with Crippen molar-refractivity contribution in [2.75, 3.05) is 39.3 Å². The molecule has 3 amide bonds. The Bertz CT molecular complexity index is 1550. The van der Waals surface area contributed by atoms with Gasteiger partial charge >= 0.3 is 0 Å². The second-order valence-corrected chi connectivity index (χ2v) is 15.6. The van der Waals surface area contributed by atoms with Gasteiger partial charge in [-0.2, -0.15) is 0 Å². The number of piperidine rings is 1. The Kier molecular flexibility index (Phi) is 11.4. The van der Waals surface area contributed by atoms with Crippen molar-refractivity contribution >= 4 is 17.7 Å². The van der Waals surface area contributed by atoms with Crippen molar-refractivity contribution in [3.63, 3.8) is 0 Å². The van der Waals surface area contributed by atoms with Crippen LogP contribution in [0, 0.1) is 11.8 Å². The van der Waals surface area contributed by atoms with Crippen molar-refractivity contribution in [1.82, 2.24) is 20.0 Å². The molecule has 0 unspecified atom stereocenters. The molecule has 4 aliphatic rings. The van der Waals surface area contributed by atoms with E-state index in [0.717, 1.165) is 55.1 Å². The van der Waals surface area contributed by atoms with Crippen molar-refractivity contribution < 1.29 is 24.6 Å². The van der Waals surface area contributed by atoms with E-state index < -0.39 is 35.6 Å². The number of aliphatic hydroxyl groups excluding tert-OH is 2. The van der Waals surface area contributed by atoms with Gasteiger partial charge in [-0.15, -0.1) is 0 Å². The molecular weight excluding hydrogens is 652 g/mol. The lowest BCUT2D eigenvalue weighted by molar-refractivity contribution is -0.148. The number of likely N-dealkylation sites (tertiary alicyclic amines) is 3. The van der Waals surface area contributed by atoms with Gasteiger partial charge in [0.2, 0.25) is 17.7 Å². The molecule has 0 radical (unpaired) electrons. The largest absolute Gasteiger partial charge is 0.391 e. The van der Waals surface area contributed by atoms with E-state index in [9.17, 15) is 19.8 Å². The van der Waals surface area contributed by atoms with Crippen molar-refractivity contribution in [1.29, 1.82) is 0 Å². The average molecular weight is 707 g/mol. The number of hydrogen-bond acceptors (Lipinski definition) is 6.